The second-order valence-corrected chi connectivity index (χ2v) is 4.50. The summed E-state index contributed by atoms with van der Waals surface area (Å²) in [6.07, 6.45) is 0.222. The Balaban J connectivity index is 1.74. The summed E-state index contributed by atoms with van der Waals surface area (Å²) in [6.45, 7) is 0. The van der Waals surface area contributed by atoms with Crippen LogP contribution in [0.3, 0.4) is 0 Å². The zero-order valence-electron chi connectivity index (χ0n) is 10.6. The van der Waals surface area contributed by atoms with E-state index in [0.717, 1.165) is 5.56 Å². The molecular formula is C16H14O3. The lowest BCUT2D eigenvalue weighted by Gasteiger charge is -2.00. The Bertz CT molecular complexity index is 575. The van der Waals surface area contributed by atoms with Crippen molar-refractivity contribution >= 4 is 5.97 Å². The average Bonchev–Trinajstić information content (AvgIpc) is 3.28. The third-order valence-electron chi connectivity index (χ3n) is 3.28. The molecule has 1 aliphatic heterocycles. The fourth-order valence-corrected chi connectivity index (χ4v) is 2.19. The molecule has 0 radical (unpaired) electrons. The van der Waals surface area contributed by atoms with Gasteiger partial charge in [0.25, 0.3) is 0 Å². The molecule has 96 valence electrons. The van der Waals surface area contributed by atoms with Crippen molar-refractivity contribution in [3.8, 4) is 0 Å². The van der Waals surface area contributed by atoms with Gasteiger partial charge >= 0.3 is 5.97 Å². The zero-order valence-corrected chi connectivity index (χ0v) is 10.6. The Kier molecular flexibility index (Phi) is 3.05. The smallest absolute Gasteiger partial charge is 0.337 e. The molecule has 0 aromatic heterocycles. The molecule has 1 fully saturated rings. The van der Waals surface area contributed by atoms with E-state index < -0.39 is 0 Å². The van der Waals surface area contributed by atoms with Crippen molar-refractivity contribution in [2.24, 2.45) is 0 Å². The predicted octanol–water partition coefficient (Wildman–Crippen LogP) is 3.29. The molecule has 1 saturated heterocycles. The highest BCUT2D eigenvalue weighted by Gasteiger charge is 2.41. The van der Waals surface area contributed by atoms with E-state index in [9.17, 15) is 4.79 Å². The van der Waals surface area contributed by atoms with Crippen molar-refractivity contribution in [3.63, 3.8) is 0 Å². The molecule has 19 heavy (non-hydrogen) atoms. The minimum atomic E-state index is -0.317. The second-order valence-electron chi connectivity index (χ2n) is 4.50. The largest absolute Gasteiger partial charge is 0.465 e. The van der Waals surface area contributed by atoms with Crippen molar-refractivity contribution in [1.82, 2.24) is 0 Å². The van der Waals surface area contributed by atoms with Crippen molar-refractivity contribution in [2.45, 2.75) is 12.2 Å². The van der Waals surface area contributed by atoms with Crippen LogP contribution in [0.15, 0.2) is 54.6 Å². The summed E-state index contributed by atoms with van der Waals surface area (Å²) in [5.74, 6) is -0.317. The van der Waals surface area contributed by atoms with E-state index in [0.29, 0.717) is 5.56 Å². The Labute approximate surface area is 111 Å². The molecular weight excluding hydrogens is 240 g/mol. The van der Waals surface area contributed by atoms with Gasteiger partial charge in [-0.2, -0.15) is 0 Å². The summed E-state index contributed by atoms with van der Waals surface area (Å²) >= 11 is 0. The van der Waals surface area contributed by atoms with E-state index in [4.69, 9.17) is 4.74 Å². The Morgan fingerprint density at radius 2 is 1.53 bits per heavy atom. The van der Waals surface area contributed by atoms with Crippen LogP contribution in [0.1, 0.15) is 33.7 Å². The summed E-state index contributed by atoms with van der Waals surface area (Å²) in [4.78, 5) is 11.3. The number of methoxy groups -OCH3 is 1. The molecule has 2 atom stereocenters. The number of carbonyl (C=O) groups excluding carboxylic acids is 1. The van der Waals surface area contributed by atoms with Crippen LogP contribution >= 0.6 is 0 Å². The van der Waals surface area contributed by atoms with Gasteiger partial charge in [0, 0.05) is 0 Å². The van der Waals surface area contributed by atoms with E-state index in [1.807, 2.05) is 30.3 Å². The minimum absolute atomic E-state index is 0.0918. The maximum absolute atomic E-state index is 11.3. The molecule has 1 heterocycles. The van der Waals surface area contributed by atoms with Crippen LogP contribution in [0.4, 0.5) is 0 Å². The van der Waals surface area contributed by atoms with Gasteiger partial charge in [-0.05, 0) is 23.3 Å². The molecule has 3 rings (SSSR count). The van der Waals surface area contributed by atoms with E-state index in [1.165, 1.54) is 12.7 Å². The number of carbonyl (C=O) groups is 1. The molecule has 0 amide bonds. The fourth-order valence-electron chi connectivity index (χ4n) is 2.19. The molecule has 0 spiro atoms. The van der Waals surface area contributed by atoms with Crippen LogP contribution in [0.25, 0.3) is 0 Å². The summed E-state index contributed by atoms with van der Waals surface area (Å²) in [7, 11) is 1.38. The molecule has 0 aliphatic carbocycles. The first-order valence-electron chi connectivity index (χ1n) is 6.18. The van der Waals surface area contributed by atoms with Crippen molar-refractivity contribution in [1.29, 1.82) is 0 Å². The standard InChI is InChI=1S/C16H14O3/c1-18-16(17)13-9-7-12(8-10-13)15-14(19-15)11-5-3-2-4-6-11/h2-10,14-15H,1H3/t14-,15-/m0/s1. The van der Waals surface area contributed by atoms with E-state index in [2.05, 4.69) is 16.9 Å². The van der Waals surface area contributed by atoms with Crippen molar-refractivity contribution in [3.05, 3.63) is 71.3 Å². The number of esters is 1. The first kappa shape index (κ1) is 11.9. The van der Waals surface area contributed by atoms with Gasteiger partial charge in [0.1, 0.15) is 12.2 Å². The summed E-state index contributed by atoms with van der Waals surface area (Å²) < 4.78 is 10.4. The van der Waals surface area contributed by atoms with Gasteiger partial charge in [0.2, 0.25) is 0 Å². The minimum Gasteiger partial charge on any atom is -0.465 e. The molecule has 0 saturated carbocycles. The van der Waals surface area contributed by atoms with Crippen LogP contribution in [0.5, 0.6) is 0 Å². The highest BCUT2D eigenvalue weighted by Crippen LogP contribution is 2.50. The molecule has 2 aromatic carbocycles. The van der Waals surface area contributed by atoms with Gasteiger partial charge < -0.3 is 9.47 Å². The van der Waals surface area contributed by atoms with Gasteiger partial charge in [-0.15, -0.1) is 0 Å². The van der Waals surface area contributed by atoms with Gasteiger partial charge in [0.15, 0.2) is 0 Å². The third-order valence-corrected chi connectivity index (χ3v) is 3.28. The van der Waals surface area contributed by atoms with E-state index in [1.54, 1.807) is 12.1 Å². The fraction of sp³-hybridized carbons (Fsp3) is 0.188. The molecule has 3 nitrogen and oxygen atoms in total. The van der Waals surface area contributed by atoms with Crippen LogP contribution in [-0.4, -0.2) is 13.1 Å². The Hall–Kier alpha value is -2.13. The summed E-state index contributed by atoms with van der Waals surface area (Å²) in [6, 6.07) is 17.5. The van der Waals surface area contributed by atoms with Gasteiger partial charge in [-0.1, -0.05) is 42.5 Å². The molecule has 2 aromatic rings. The highest BCUT2D eigenvalue weighted by atomic mass is 16.6. The normalized spacial score (nSPS) is 20.9. The Morgan fingerprint density at radius 1 is 0.947 bits per heavy atom. The molecule has 0 bridgehead atoms. The maximum atomic E-state index is 11.3. The monoisotopic (exact) mass is 254 g/mol. The molecule has 0 N–H and O–H groups in total. The first-order valence-corrected chi connectivity index (χ1v) is 6.18. The molecule has 1 aliphatic rings. The summed E-state index contributed by atoms with van der Waals surface area (Å²) in [5.41, 5.74) is 2.83. The van der Waals surface area contributed by atoms with Gasteiger partial charge in [-0.3, -0.25) is 0 Å². The number of ether oxygens (including phenoxy) is 2. The first-order chi connectivity index (χ1) is 9.29. The number of rotatable bonds is 3. The number of hydrogen-bond donors (Lipinski definition) is 0. The van der Waals surface area contributed by atoms with E-state index in [-0.39, 0.29) is 18.2 Å². The SMILES string of the molecule is COC(=O)c1ccc([C@@H]2O[C@H]2c2ccccc2)cc1. The third kappa shape index (κ3) is 2.37. The predicted molar refractivity (Wildman–Crippen MR) is 70.8 cm³/mol. The number of hydrogen-bond acceptors (Lipinski definition) is 3. The lowest BCUT2D eigenvalue weighted by molar-refractivity contribution is 0.0600. The average molecular weight is 254 g/mol. The molecule has 3 heteroatoms. The maximum Gasteiger partial charge on any atom is 0.337 e. The topological polar surface area (TPSA) is 38.8 Å². The van der Waals surface area contributed by atoms with E-state index >= 15 is 0 Å². The lowest BCUT2D eigenvalue weighted by Crippen LogP contribution is -2.00. The number of benzene rings is 2. The van der Waals surface area contributed by atoms with Gasteiger partial charge in [-0.25, -0.2) is 4.79 Å². The quantitative estimate of drug-likeness (QED) is 0.623. The lowest BCUT2D eigenvalue weighted by atomic mass is 10.0. The van der Waals surface area contributed by atoms with Crippen molar-refractivity contribution in [2.75, 3.05) is 7.11 Å². The summed E-state index contributed by atoms with van der Waals surface area (Å²) in [5, 5.41) is 0. The van der Waals surface area contributed by atoms with Gasteiger partial charge in [0.05, 0.1) is 12.7 Å². The van der Waals surface area contributed by atoms with Crippen LogP contribution in [-0.2, 0) is 9.47 Å². The molecule has 0 unspecified atom stereocenters. The van der Waals surface area contributed by atoms with Crippen molar-refractivity contribution < 1.29 is 14.3 Å². The number of epoxide rings is 1. The van der Waals surface area contributed by atoms with Crippen LogP contribution in [0, 0.1) is 0 Å². The van der Waals surface area contributed by atoms with Crippen LogP contribution < -0.4 is 0 Å². The highest BCUT2D eigenvalue weighted by molar-refractivity contribution is 5.89. The zero-order chi connectivity index (χ0) is 13.2. The second kappa shape index (κ2) is 4.86. The Morgan fingerprint density at radius 3 is 2.11 bits per heavy atom. The van der Waals surface area contributed by atoms with Crippen LogP contribution in [0.2, 0.25) is 0 Å².